The monoisotopic (exact) mass is 241 g/mol. The van der Waals surface area contributed by atoms with Gasteiger partial charge < -0.3 is 5.32 Å². The molecule has 1 unspecified atom stereocenters. The Hall–Kier alpha value is -0.340. The number of nitrogens with one attached hydrogen (secondary N) is 1. The van der Waals surface area contributed by atoms with Crippen molar-refractivity contribution in [2.24, 2.45) is 0 Å². The predicted molar refractivity (Wildman–Crippen MR) is 61.1 cm³/mol. The Morgan fingerprint density at radius 1 is 1.46 bits per heavy atom. The lowest BCUT2D eigenvalue weighted by Crippen LogP contribution is -2.19. The van der Waals surface area contributed by atoms with Crippen molar-refractivity contribution in [3.05, 3.63) is 34.3 Å². The van der Waals surface area contributed by atoms with Crippen LogP contribution in [0.25, 0.3) is 0 Å². The molecule has 0 aliphatic carbocycles. The van der Waals surface area contributed by atoms with E-state index in [1.54, 1.807) is 0 Å². The van der Waals surface area contributed by atoms with Gasteiger partial charge in [0.25, 0.3) is 0 Å². The third kappa shape index (κ3) is 3.49. The maximum absolute atomic E-state index is 3.48. The Morgan fingerprint density at radius 3 is 2.85 bits per heavy atom. The van der Waals surface area contributed by atoms with Crippen LogP contribution in [0.2, 0.25) is 0 Å². The van der Waals surface area contributed by atoms with Crippen LogP contribution in [0.1, 0.15) is 25.3 Å². The van der Waals surface area contributed by atoms with Crippen molar-refractivity contribution < 1.29 is 0 Å². The SMILES string of the molecule is CCNCC(C)c1cccc(Br)c1. The Morgan fingerprint density at radius 2 is 2.23 bits per heavy atom. The molecule has 1 atom stereocenters. The zero-order chi connectivity index (χ0) is 9.68. The van der Waals surface area contributed by atoms with Gasteiger partial charge in [0.2, 0.25) is 0 Å². The highest BCUT2D eigenvalue weighted by atomic mass is 79.9. The Bertz CT molecular complexity index is 260. The molecule has 1 N–H and O–H groups in total. The van der Waals surface area contributed by atoms with E-state index in [1.165, 1.54) is 5.56 Å². The highest BCUT2D eigenvalue weighted by Crippen LogP contribution is 2.18. The van der Waals surface area contributed by atoms with Crippen LogP contribution < -0.4 is 5.32 Å². The van der Waals surface area contributed by atoms with Gasteiger partial charge in [-0.15, -0.1) is 0 Å². The normalized spacial score (nSPS) is 12.8. The predicted octanol–water partition coefficient (Wildman–Crippen LogP) is 3.16. The average Bonchev–Trinajstić information content (AvgIpc) is 2.14. The quantitative estimate of drug-likeness (QED) is 0.855. The second kappa shape index (κ2) is 5.40. The van der Waals surface area contributed by atoms with Crippen molar-refractivity contribution in [2.75, 3.05) is 13.1 Å². The molecule has 1 rings (SSSR count). The van der Waals surface area contributed by atoms with Crippen molar-refractivity contribution in [3.63, 3.8) is 0 Å². The van der Waals surface area contributed by atoms with Crippen molar-refractivity contribution in [2.45, 2.75) is 19.8 Å². The summed E-state index contributed by atoms with van der Waals surface area (Å²) in [5.41, 5.74) is 1.38. The van der Waals surface area contributed by atoms with E-state index in [4.69, 9.17) is 0 Å². The van der Waals surface area contributed by atoms with E-state index < -0.39 is 0 Å². The molecule has 0 saturated heterocycles. The van der Waals surface area contributed by atoms with E-state index in [2.05, 4.69) is 59.4 Å². The highest BCUT2D eigenvalue weighted by molar-refractivity contribution is 9.10. The smallest absolute Gasteiger partial charge is 0.0178 e. The molecule has 0 aliphatic rings. The van der Waals surface area contributed by atoms with Gasteiger partial charge in [0.15, 0.2) is 0 Å². The summed E-state index contributed by atoms with van der Waals surface area (Å²) in [5, 5.41) is 3.35. The number of rotatable bonds is 4. The third-order valence-electron chi connectivity index (χ3n) is 2.12. The summed E-state index contributed by atoms with van der Waals surface area (Å²) in [6.45, 7) is 6.46. The van der Waals surface area contributed by atoms with Crippen molar-refractivity contribution in [1.82, 2.24) is 5.32 Å². The summed E-state index contributed by atoms with van der Waals surface area (Å²) in [7, 11) is 0. The number of hydrogen-bond donors (Lipinski definition) is 1. The first-order valence-electron chi connectivity index (χ1n) is 4.70. The summed E-state index contributed by atoms with van der Waals surface area (Å²) in [6.07, 6.45) is 0. The van der Waals surface area contributed by atoms with Crippen LogP contribution in [0.3, 0.4) is 0 Å². The summed E-state index contributed by atoms with van der Waals surface area (Å²) in [5.74, 6) is 0.581. The van der Waals surface area contributed by atoms with Gasteiger partial charge in [-0.05, 0) is 30.2 Å². The van der Waals surface area contributed by atoms with Gasteiger partial charge in [0.05, 0.1) is 0 Å². The zero-order valence-corrected chi connectivity index (χ0v) is 9.76. The van der Waals surface area contributed by atoms with Gasteiger partial charge in [-0.25, -0.2) is 0 Å². The lowest BCUT2D eigenvalue weighted by molar-refractivity contribution is 0.635. The number of hydrogen-bond acceptors (Lipinski definition) is 1. The summed E-state index contributed by atoms with van der Waals surface area (Å²) < 4.78 is 1.16. The first-order valence-corrected chi connectivity index (χ1v) is 5.49. The van der Waals surface area contributed by atoms with Gasteiger partial charge in [0, 0.05) is 11.0 Å². The summed E-state index contributed by atoms with van der Waals surface area (Å²) >= 11 is 3.48. The second-order valence-corrected chi connectivity index (χ2v) is 4.18. The third-order valence-corrected chi connectivity index (χ3v) is 2.61. The molecule has 0 saturated carbocycles. The van der Waals surface area contributed by atoms with E-state index in [0.717, 1.165) is 17.6 Å². The first-order chi connectivity index (χ1) is 6.24. The molecule has 0 heterocycles. The lowest BCUT2D eigenvalue weighted by atomic mass is 10.0. The molecule has 0 aromatic heterocycles. The molecule has 1 nitrogen and oxygen atoms in total. The van der Waals surface area contributed by atoms with Crippen LogP contribution in [0.5, 0.6) is 0 Å². The number of benzene rings is 1. The lowest BCUT2D eigenvalue weighted by Gasteiger charge is -2.12. The Labute approximate surface area is 88.7 Å². The van der Waals surface area contributed by atoms with E-state index in [0.29, 0.717) is 5.92 Å². The molecule has 0 bridgehead atoms. The van der Waals surface area contributed by atoms with Gasteiger partial charge in [-0.2, -0.15) is 0 Å². The maximum atomic E-state index is 3.48. The van der Waals surface area contributed by atoms with Crippen molar-refractivity contribution in [1.29, 1.82) is 0 Å². The minimum Gasteiger partial charge on any atom is -0.316 e. The average molecular weight is 242 g/mol. The molecule has 2 heteroatoms. The van der Waals surface area contributed by atoms with E-state index in [9.17, 15) is 0 Å². The Balaban J connectivity index is 2.60. The number of likely N-dealkylation sites (N-methyl/N-ethyl adjacent to an activating group) is 1. The molecule has 0 radical (unpaired) electrons. The molecule has 0 amide bonds. The van der Waals surface area contributed by atoms with Gasteiger partial charge in [-0.3, -0.25) is 0 Å². The fraction of sp³-hybridized carbons (Fsp3) is 0.455. The van der Waals surface area contributed by atoms with Crippen LogP contribution in [0.4, 0.5) is 0 Å². The van der Waals surface area contributed by atoms with Crippen LogP contribution in [0.15, 0.2) is 28.7 Å². The van der Waals surface area contributed by atoms with Gasteiger partial charge in [-0.1, -0.05) is 41.9 Å². The Kier molecular flexibility index (Phi) is 4.46. The van der Waals surface area contributed by atoms with Crippen molar-refractivity contribution in [3.8, 4) is 0 Å². The van der Waals surface area contributed by atoms with Crippen LogP contribution in [0, 0.1) is 0 Å². The second-order valence-electron chi connectivity index (χ2n) is 3.26. The fourth-order valence-electron chi connectivity index (χ4n) is 1.29. The standard InChI is InChI=1S/C11H16BrN/c1-3-13-8-9(2)10-5-4-6-11(12)7-10/h4-7,9,13H,3,8H2,1-2H3. The largest absolute Gasteiger partial charge is 0.316 e. The van der Waals surface area contributed by atoms with Crippen LogP contribution >= 0.6 is 15.9 Å². The van der Waals surface area contributed by atoms with E-state index in [-0.39, 0.29) is 0 Å². The van der Waals surface area contributed by atoms with E-state index >= 15 is 0 Å². The topological polar surface area (TPSA) is 12.0 Å². The van der Waals surface area contributed by atoms with Crippen LogP contribution in [-0.2, 0) is 0 Å². The van der Waals surface area contributed by atoms with Gasteiger partial charge >= 0.3 is 0 Å². The molecule has 1 aromatic carbocycles. The summed E-state index contributed by atoms with van der Waals surface area (Å²) in [4.78, 5) is 0. The molecular formula is C11H16BrN. The minimum atomic E-state index is 0.581. The summed E-state index contributed by atoms with van der Waals surface area (Å²) in [6, 6.07) is 8.50. The van der Waals surface area contributed by atoms with Crippen molar-refractivity contribution >= 4 is 15.9 Å². The highest BCUT2D eigenvalue weighted by Gasteiger charge is 2.03. The first kappa shape index (κ1) is 10.7. The molecular weight excluding hydrogens is 226 g/mol. The fourth-order valence-corrected chi connectivity index (χ4v) is 1.71. The molecule has 13 heavy (non-hydrogen) atoms. The van der Waals surface area contributed by atoms with E-state index in [1.807, 2.05) is 0 Å². The molecule has 0 aliphatic heterocycles. The minimum absolute atomic E-state index is 0.581. The maximum Gasteiger partial charge on any atom is 0.0178 e. The molecule has 0 spiro atoms. The molecule has 1 aromatic rings. The molecule has 72 valence electrons. The molecule has 0 fully saturated rings. The number of halogens is 1. The van der Waals surface area contributed by atoms with Crippen LogP contribution in [-0.4, -0.2) is 13.1 Å². The van der Waals surface area contributed by atoms with Gasteiger partial charge in [0.1, 0.15) is 0 Å². The zero-order valence-electron chi connectivity index (χ0n) is 8.18.